The summed E-state index contributed by atoms with van der Waals surface area (Å²) >= 11 is 1.70. The Labute approximate surface area is 165 Å². The lowest BCUT2D eigenvalue weighted by Gasteiger charge is -2.25. The Morgan fingerprint density at radius 1 is 0.963 bits per heavy atom. The second-order valence-corrected chi connectivity index (χ2v) is 8.21. The molecule has 0 saturated heterocycles. The summed E-state index contributed by atoms with van der Waals surface area (Å²) in [6.45, 7) is 10.5. The van der Waals surface area contributed by atoms with E-state index in [0.717, 1.165) is 71.8 Å². The van der Waals surface area contributed by atoms with Gasteiger partial charge in [-0.3, -0.25) is 0 Å². The van der Waals surface area contributed by atoms with E-state index < -0.39 is 0 Å². The van der Waals surface area contributed by atoms with Crippen molar-refractivity contribution in [1.82, 2.24) is 9.97 Å². The highest BCUT2D eigenvalue weighted by atomic mass is 32.1. The predicted octanol–water partition coefficient (Wildman–Crippen LogP) is 6.52. The van der Waals surface area contributed by atoms with Gasteiger partial charge in [0.2, 0.25) is 0 Å². The average molecular weight is 386 g/mol. The van der Waals surface area contributed by atoms with Crippen LogP contribution in [0.15, 0.2) is 24.3 Å². The maximum absolute atomic E-state index is 13.5. The lowest BCUT2D eigenvalue weighted by atomic mass is 10.0. The van der Waals surface area contributed by atoms with E-state index in [4.69, 9.17) is 9.97 Å². The van der Waals surface area contributed by atoms with Crippen LogP contribution in [0.25, 0.3) is 21.3 Å². The normalized spacial score (nSPS) is 11.3. The summed E-state index contributed by atoms with van der Waals surface area (Å²) in [5, 5.41) is 1.11. The van der Waals surface area contributed by atoms with Crippen molar-refractivity contribution in [2.45, 2.75) is 53.4 Å². The van der Waals surface area contributed by atoms with Crippen molar-refractivity contribution in [3.05, 3.63) is 40.8 Å². The Balaban J connectivity index is 2.19. The van der Waals surface area contributed by atoms with E-state index in [-0.39, 0.29) is 5.82 Å². The third-order valence-electron chi connectivity index (χ3n) is 4.82. The number of unbranched alkanes of at least 4 members (excludes halogenated alkanes) is 2. The molecule has 0 aliphatic heterocycles. The Hall–Kier alpha value is -2.01. The van der Waals surface area contributed by atoms with Gasteiger partial charge in [0.1, 0.15) is 22.3 Å². The minimum atomic E-state index is -0.212. The number of fused-ring (bicyclic) bond motifs is 1. The quantitative estimate of drug-likeness (QED) is 0.442. The number of hydrogen-bond acceptors (Lipinski definition) is 4. The molecule has 0 N–H and O–H groups in total. The van der Waals surface area contributed by atoms with Crippen LogP contribution in [-0.4, -0.2) is 23.1 Å². The van der Waals surface area contributed by atoms with E-state index in [9.17, 15) is 4.39 Å². The monoisotopic (exact) mass is 385 g/mol. The van der Waals surface area contributed by atoms with Gasteiger partial charge < -0.3 is 4.90 Å². The molecule has 0 fully saturated rings. The van der Waals surface area contributed by atoms with Gasteiger partial charge in [-0.15, -0.1) is 11.3 Å². The topological polar surface area (TPSA) is 29.0 Å². The molecule has 2 heterocycles. The van der Waals surface area contributed by atoms with Crippen LogP contribution in [-0.2, 0) is 0 Å². The second-order valence-electron chi connectivity index (χ2n) is 7.01. The summed E-state index contributed by atoms with van der Waals surface area (Å²) < 4.78 is 13.5. The van der Waals surface area contributed by atoms with Crippen LogP contribution in [0.1, 0.15) is 50.2 Å². The number of rotatable bonds is 8. The highest BCUT2D eigenvalue weighted by Crippen LogP contribution is 2.42. The zero-order chi connectivity index (χ0) is 19.4. The largest absolute Gasteiger partial charge is 0.356 e. The zero-order valence-corrected chi connectivity index (χ0v) is 17.5. The lowest BCUT2D eigenvalue weighted by Crippen LogP contribution is -2.27. The van der Waals surface area contributed by atoms with Gasteiger partial charge in [-0.25, -0.2) is 14.4 Å². The van der Waals surface area contributed by atoms with Gasteiger partial charge >= 0.3 is 0 Å². The molecule has 144 valence electrons. The molecular weight excluding hydrogens is 357 g/mol. The number of halogens is 1. The summed E-state index contributed by atoms with van der Waals surface area (Å²) in [6.07, 6.45) is 4.60. The van der Waals surface area contributed by atoms with Crippen molar-refractivity contribution in [1.29, 1.82) is 0 Å². The summed E-state index contributed by atoms with van der Waals surface area (Å²) in [5.41, 5.74) is 2.17. The fourth-order valence-electron chi connectivity index (χ4n) is 3.41. The van der Waals surface area contributed by atoms with Gasteiger partial charge in [0.05, 0.1) is 5.39 Å². The molecule has 3 aromatic rings. The predicted molar refractivity (Wildman–Crippen MR) is 114 cm³/mol. The summed E-state index contributed by atoms with van der Waals surface area (Å²) in [7, 11) is 0. The number of aromatic nitrogens is 2. The molecular formula is C22H28FN3S. The first-order chi connectivity index (χ1) is 13.0. The fraction of sp³-hybridized carbons (Fsp3) is 0.455. The standard InChI is InChI=1S/C22H28FN3S/c1-5-7-13-26(14-8-6-2)21-20-19(17-9-11-18(23)12-10-17)15(3)27-22(20)25-16(4)24-21/h9-12H,5-8,13-14H2,1-4H3. The molecule has 0 saturated carbocycles. The van der Waals surface area contributed by atoms with Crippen LogP contribution in [0.3, 0.4) is 0 Å². The maximum atomic E-state index is 13.5. The molecule has 0 aliphatic carbocycles. The number of benzene rings is 1. The van der Waals surface area contributed by atoms with E-state index in [0.29, 0.717) is 0 Å². The van der Waals surface area contributed by atoms with E-state index in [1.807, 2.05) is 19.1 Å². The number of nitrogens with zero attached hydrogens (tertiary/aromatic N) is 3. The minimum Gasteiger partial charge on any atom is -0.356 e. The summed E-state index contributed by atoms with van der Waals surface area (Å²) in [6, 6.07) is 6.77. The van der Waals surface area contributed by atoms with Crippen LogP contribution in [0.2, 0.25) is 0 Å². The summed E-state index contributed by atoms with van der Waals surface area (Å²) in [4.78, 5) is 14.2. The van der Waals surface area contributed by atoms with Crippen molar-refractivity contribution in [2.24, 2.45) is 0 Å². The first-order valence-electron chi connectivity index (χ1n) is 9.83. The Kier molecular flexibility index (Phi) is 6.42. The van der Waals surface area contributed by atoms with Crippen LogP contribution in [0.4, 0.5) is 10.2 Å². The molecule has 0 unspecified atom stereocenters. The first kappa shape index (κ1) is 19.7. The maximum Gasteiger partial charge on any atom is 0.141 e. The summed E-state index contributed by atoms with van der Waals surface area (Å²) in [5.74, 6) is 1.63. The van der Waals surface area contributed by atoms with Gasteiger partial charge in [-0.05, 0) is 44.4 Å². The molecule has 27 heavy (non-hydrogen) atoms. The van der Waals surface area contributed by atoms with Gasteiger partial charge in [-0.2, -0.15) is 0 Å². The molecule has 2 aromatic heterocycles. The highest BCUT2D eigenvalue weighted by molar-refractivity contribution is 7.19. The number of hydrogen-bond donors (Lipinski definition) is 0. The van der Waals surface area contributed by atoms with E-state index in [1.165, 1.54) is 17.0 Å². The van der Waals surface area contributed by atoms with E-state index in [1.54, 1.807) is 11.3 Å². The molecule has 0 atom stereocenters. The highest BCUT2D eigenvalue weighted by Gasteiger charge is 2.21. The second kappa shape index (κ2) is 8.79. The van der Waals surface area contributed by atoms with Crippen LogP contribution in [0.5, 0.6) is 0 Å². The van der Waals surface area contributed by atoms with Gasteiger partial charge in [0, 0.05) is 23.5 Å². The van der Waals surface area contributed by atoms with Gasteiger partial charge in [-0.1, -0.05) is 38.8 Å². The first-order valence-corrected chi connectivity index (χ1v) is 10.6. The van der Waals surface area contributed by atoms with Crippen molar-refractivity contribution >= 4 is 27.4 Å². The van der Waals surface area contributed by atoms with Crippen LogP contribution < -0.4 is 4.90 Å². The van der Waals surface area contributed by atoms with Crippen molar-refractivity contribution in [3.63, 3.8) is 0 Å². The molecule has 0 spiro atoms. The van der Waals surface area contributed by atoms with Crippen molar-refractivity contribution in [3.8, 4) is 11.1 Å². The molecule has 0 radical (unpaired) electrons. The fourth-order valence-corrected chi connectivity index (χ4v) is 4.50. The average Bonchev–Trinajstić information content (AvgIpc) is 2.97. The SMILES string of the molecule is CCCCN(CCCC)c1nc(C)nc2sc(C)c(-c3ccc(F)cc3)c12. The van der Waals surface area contributed by atoms with Crippen LogP contribution in [0, 0.1) is 19.7 Å². The van der Waals surface area contributed by atoms with Crippen LogP contribution >= 0.6 is 11.3 Å². The molecule has 1 aromatic carbocycles. The Morgan fingerprint density at radius 3 is 2.19 bits per heavy atom. The van der Waals surface area contributed by atoms with Gasteiger partial charge in [0.25, 0.3) is 0 Å². The number of anilines is 1. The zero-order valence-electron chi connectivity index (χ0n) is 16.7. The molecule has 0 aliphatic rings. The smallest absolute Gasteiger partial charge is 0.141 e. The molecule has 5 heteroatoms. The minimum absolute atomic E-state index is 0.212. The number of aryl methyl sites for hydroxylation is 2. The van der Waals surface area contributed by atoms with Gasteiger partial charge in [0.15, 0.2) is 0 Å². The molecule has 0 bridgehead atoms. The molecule has 3 rings (SSSR count). The molecule has 3 nitrogen and oxygen atoms in total. The van der Waals surface area contributed by atoms with E-state index >= 15 is 0 Å². The third kappa shape index (κ3) is 4.29. The van der Waals surface area contributed by atoms with Crippen molar-refractivity contribution in [2.75, 3.05) is 18.0 Å². The Morgan fingerprint density at radius 2 is 1.59 bits per heavy atom. The third-order valence-corrected chi connectivity index (χ3v) is 5.82. The van der Waals surface area contributed by atoms with E-state index in [2.05, 4.69) is 25.7 Å². The lowest BCUT2D eigenvalue weighted by molar-refractivity contribution is 0.628. The van der Waals surface area contributed by atoms with Crippen molar-refractivity contribution < 1.29 is 4.39 Å². The Bertz CT molecular complexity index is 894. The number of thiophene rings is 1. The molecule has 0 amide bonds.